The largest absolute Gasteiger partial charge is 0.281 e. The molecular weight excluding hydrogens is 342 g/mol. The highest BCUT2D eigenvalue weighted by Crippen LogP contribution is 2.28. The number of nitrogens with one attached hydrogen (secondary N) is 2. The summed E-state index contributed by atoms with van der Waals surface area (Å²) in [6.45, 7) is 1.63. The first-order valence-electron chi connectivity index (χ1n) is 4.88. The lowest BCUT2D eigenvalue weighted by atomic mass is 10.3. The molecule has 8 heteroatoms. The molecule has 2 rings (SSSR count). The van der Waals surface area contributed by atoms with Crippen LogP contribution in [0.25, 0.3) is 0 Å². The van der Waals surface area contributed by atoms with Crippen molar-refractivity contribution >= 4 is 43.2 Å². The standard InChI is InChI=1S/C10H9BrClN3O2S/c1-6-10(5-13-14-6)18(16,17)15-9-3-2-7(11)4-8(9)12/h2-5,15H,1H3,(H,13,14). The van der Waals surface area contributed by atoms with E-state index in [-0.39, 0.29) is 4.90 Å². The third-order valence-electron chi connectivity index (χ3n) is 2.25. The van der Waals surface area contributed by atoms with Gasteiger partial charge in [-0.25, -0.2) is 8.42 Å². The third-order valence-corrected chi connectivity index (χ3v) is 4.53. The third kappa shape index (κ3) is 2.68. The Labute approximate surface area is 118 Å². The topological polar surface area (TPSA) is 74.8 Å². The molecule has 0 aliphatic heterocycles. The lowest BCUT2D eigenvalue weighted by Crippen LogP contribution is -2.13. The van der Waals surface area contributed by atoms with E-state index < -0.39 is 10.0 Å². The van der Waals surface area contributed by atoms with Gasteiger partial charge in [0.05, 0.1) is 22.6 Å². The summed E-state index contributed by atoms with van der Waals surface area (Å²) in [5, 5.41) is 6.57. The van der Waals surface area contributed by atoms with Crippen molar-refractivity contribution in [2.75, 3.05) is 4.72 Å². The summed E-state index contributed by atoms with van der Waals surface area (Å²) < 4.78 is 27.3. The molecule has 0 aliphatic rings. The second kappa shape index (κ2) is 4.91. The van der Waals surface area contributed by atoms with Crippen LogP contribution in [0.3, 0.4) is 0 Å². The zero-order chi connectivity index (χ0) is 13.3. The van der Waals surface area contributed by atoms with E-state index in [2.05, 4.69) is 30.8 Å². The van der Waals surface area contributed by atoms with Crippen LogP contribution in [0.1, 0.15) is 5.69 Å². The molecule has 2 aromatic rings. The fourth-order valence-electron chi connectivity index (χ4n) is 1.38. The van der Waals surface area contributed by atoms with Crippen LogP contribution in [0.2, 0.25) is 5.02 Å². The minimum absolute atomic E-state index is 0.0986. The normalized spacial score (nSPS) is 11.5. The number of sulfonamides is 1. The number of halogens is 2. The Bertz CT molecular complexity index is 684. The van der Waals surface area contributed by atoms with Crippen molar-refractivity contribution in [3.63, 3.8) is 0 Å². The summed E-state index contributed by atoms with van der Waals surface area (Å²) >= 11 is 9.21. The van der Waals surface area contributed by atoms with Crippen LogP contribution in [0.4, 0.5) is 5.69 Å². The van der Waals surface area contributed by atoms with Gasteiger partial charge in [-0.2, -0.15) is 5.10 Å². The molecule has 0 saturated carbocycles. The van der Waals surface area contributed by atoms with Crippen molar-refractivity contribution in [1.82, 2.24) is 10.2 Å². The SMILES string of the molecule is Cc1[nH]ncc1S(=O)(=O)Nc1ccc(Br)cc1Cl. The molecule has 0 radical (unpaired) electrons. The molecule has 1 heterocycles. The molecule has 0 atom stereocenters. The second-order valence-electron chi connectivity index (χ2n) is 3.59. The summed E-state index contributed by atoms with van der Waals surface area (Å²) in [5.41, 5.74) is 0.788. The summed E-state index contributed by atoms with van der Waals surface area (Å²) in [7, 11) is -3.68. The van der Waals surface area contributed by atoms with E-state index in [1.54, 1.807) is 25.1 Å². The second-order valence-corrected chi connectivity index (χ2v) is 6.56. The molecule has 96 valence electrons. The van der Waals surface area contributed by atoms with Crippen molar-refractivity contribution in [2.45, 2.75) is 11.8 Å². The van der Waals surface area contributed by atoms with Gasteiger partial charge in [0.15, 0.2) is 0 Å². The highest BCUT2D eigenvalue weighted by molar-refractivity contribution is 9.10. The molecule has 18 heavy (non-hydrogen) atoms. The van der Waals surface area contributed by atoms with Crippen LogP contribution in [0, 0.1) is 6.92 Å². The Morgan fingerprint density at radius 2 is 2.17 bits per heavy atom. The zero-order valence-corrected chi connectivity index (χ0v) is 12.4. The Morgan fingerprint density at radius 3 is 2.72 bits per heavy atom. The minimum Gasteiger partial charge on any atom is -0.281 e. The fraction of sp³-hybridized carbons (Fsp3) is 0.100. The van der Waals surface area contributed by atoms with Gasteiger partial charge < -0.3 is 0 Å². The van der Waals surface area contributed by atoms with Crippen LogP contribution in [0.15, 0.2) is 33.8 Å². The van der Waals surface area contributed by atoms with E-state index in [0.29, 0.717) is 16.4 Å². The molecule has 0 bridgehead atoms. The van der Waals surface area contributed by atoms with Gasteiger partial charge >= 0.3 is 0 Å². The molecule has 0 unspecified atom stereocenters. The van der Waals surface area contributed by atoms with Crippen molar-refractivity contribution < 1.29 is 8.42 Å². The lowest BCUT2D eigenvalue weighted by Gasteiger charge is -2.09. The lowest BCUT2D eigenvalue weighted by molar-refractivity contribution is 0.600. The number of nitrogens with zero attached hydrogens (tertiary/aromatic N) is 1. The maximum absolute atomic E-state index is 12.1. The number of benzene rings is 1. The highest BCUT2D eigenvalue weighted by Gasteiger charge is 2.19. The fourth-order valence-corrected chi connectivity index (χ4v) is 3.38. The van der Waals surface area contributed by atoms with Crippen LogP contribution in [-0.4, -0.2) is 18.6 Å². The molecule has 1 aromatic heterocycles. The van der Waals surface area contributed by atoms with E-state index in [9.17, 15) is 8.42 Å². The molecular formula is C10H9BrClN3O2S. The maximum Gasteiger partial charge on any atom is 0.265 e. The average molecular weight is 351 g/mol. The Kier molecular flexibility index (Phi) is 3.65. The van der Waals surface area contributed by atoms with Crippen molar-refractivity contribution in [2.24, 2.45) is 0 Å². The van der Waals surface area contributed by atoms with E-state index in [0.717, 1.165) is 4.47 Å². The molecule has 0 fully saturated rings. The van der Waals surface area contributed by atoms with E-state index >= 15 is 0 Å². The van der Waals surface area contributed by atoms with E-state index in [1.807, 2.05) is 0 Å². The average Bonchev–Trinajstić information content (AvgIpc) is 2.69. The summed E-state index contributed by atoms with van der Waals surface area (Å²) in [6, 6.07) is 4.90. The van der Waals surface area contributed by atoms with E-state index in [4.69, 9.17) is 11.6 Å². The number of H-pyrrole nitrogens is 1. The molecule has 1 aromatic carbocycles. The van der Waals surface area contributed by atoms with Crippen LogP contribution in [-0.2, 0) is 10.0 Å². The first-order valence-corrected chi connectivity index (χ1v) is 7.53. The first kappa shape index (κ1) is 13.4. The van der Waals surface area contributed by atoms with Crippen LogP contribution >= 0.6 is 27.5 Å². The van der Waals surface area contributed by atoms with Gasteiger partial charge in [-0.3, -0.25) is 9.82 Å². The molecule has 0 saturated heterocycles. The minimum atomic E-state index is -3.68. The van der Waals surface area contributed by atoms with E-state index in [1.165, 1.54) is 6.20 Å². The number of hydrogen-bond donors (Lipinski definition) is 2. The van der Waals surface area contributed by atoms with Crippen LogP contribution < -0.4 is 4.72 Å². The van der Waals surface area contributed by atoms with Gasteiger partial charge in [-0.1, -0.05) is 27.5 Å². The number of aromatic amines is 1. The Hall–Kier alpha value is -1.05. The smallest absolute Gasteiger partial charge is 0.265 e. The summed E-state index contributed by atoms with van der Waals surface area (Å²) in [4.78, 5) is 0.0986. The molecule has 0 spiro atoms. The number of aryl methyl sites for hydroxylation is 1. The predicted molar refractivity (Wildman–Crippen MR) is 73.3 cm³/mol. The van der Waals surface area contributed by atoms with Gasteiger partial charge in [0, 0.05) is 4.47 Å². The van der Waals surface area contributed by atoms with Gasteiger partial charge in [0.1, 0.15) is 4.90 Å². The number of aromatic nitrogens is 2. The molecule has 0 aliphatic carbocycles. The van der Waals surface area contributed by atoms with Crippen LogP contribution in [0.5, 0.6) is 0 Å². The number of hydrogen-bond acceptors (Lipinski definition) is 3. The number of rotatable bonds is 3. The van der Waals surface area contributed by atoms with Gasteiger partial charge in [-0.15, -0.1) is 0 Å². The quantitative estimate of drug-likeness (QED) is 0.893. The molecule has 5 nitrogen and oxygen atoms in total. The maximum atomic E-state index is 12.1. The highest BCUT2D eigenvalue weighted by atomic mass is 79.9. The van der Waals surface area contributed by atoms with Gasteiger partial charge in [-0.05, 0) is 25.1 Å². The monoisotopic (exact) mass is 349 g/mol. The predicted octanol–water partition coefficient (Wildman–Crippen LogP) is 2.93. The summed E-state index contributed by atoms with van der Waals surface area (Å²) in [6.07, 6.45) is 1.25. The Balaban J connectivity index is 2.37. The van der Waals surface area contributed by atoms with Crippen molar-refractivity contribution in [3.8, 4) is 0 Å². The van der Waals surface area contributed by atoms with Gasteiger partial charge in [0.2, 0.25) is 0 Å². The first-order chi connectivity index (χ1) is 8.40. The van der Waals surface area contributed by atoms with Crippen molar-refractivity contribution in [1.29, 1.82) is 0 Å². The number of anilines is 1. The Morgan fingerprint density at radius 1 is 1.44 bits per heavy atom. The van der Waals surface area contributed by atoms with Crippen molar-refractivity contribution in [3.05, 3.63) is 39.6 Å². The molecule has 0 amide bonds. The summed E-state index contributed by atoms with van der Waals surface area (Å²) in [5.74, 6) is 0. The van der Waals surface area contributed by atoms with Gasteiger partial charge in [0.25, 0.3) is 10.0 Å². The molecule has 2 N–H and O–H groups in total. The zero-order valence-electron chi connectivity index (χ0n) is 9.24.